The zero-order chi connectivity index (χ0) is 51.6. The maximum atomic E-state index is 2.53. The molecule has 0 saturated heterocycles. The lowest BCUT2D eigenvalue weighted by Crippen LogP contribution is -2.18. The van der Waals surface area contributed by atoms with Gasteiger partial charge in [0.2, 0.25) is 0 Å². The third kappa shape index (κ3) is 6.93. The first-order valence-electron chi connectivity index (χ1n) is 27.4. The number of allylic oxidation sites excluding steroid dienone is 8. The van der Waals surface area contributed by atoms with Crippen molar-refractivity contribution >= 4 is 55.0 Å². The van der Waals surface area contributed by atoms with Crippen molar-refractivity contribution in [1.29, 1.82) is 0 Å². The fourth-order valence-corrected chi connectivity index (χ4v) is 14.0. The Hall–Kier alpha value is -9.04. The Morgan fingerprint density at radius 1 is 0.364 bits per heavy atom. The monoisotopic (exact) mass is 983 g/mol. The maximum Gasteiger partial charge on any atom is 0.0468 e. The molecule has 0 spiro atoms. The van der Waals surface area contributed by atoms with E-state index in [1.165, 1.54) is 127 Å². The predicted molar refractivity (Wildman–Crippen MR) is 328 cm³/mol. The molecule has 11 aromatic rings. The van der Waals surface area contributed by atoms with Gasteiger partial charge in [-0.25, -0.2) is 0 Å². The van der Waals surface area contributed by atoms with Gasteiger partial charge in [0.25, 0.3) is 0 Å². The van der Waals surface area contributed by atoms with Crippen molar-refractivity contribution in [1.82, 2.24) is 0 Å². The molecule has 0 amide bonds. The van der Waals surface area contributed by atoms with Crippen LogP contribution in [0.5, 0.6) is 0 Å². The second-order valence-corrected chi connectivity index (χ2v) is 22.7. The highest BCUT2D eigenvalue weighted by molar-refractivity contribution is 6.33. The van der Waals surface area contributed by atoms with Gasteiger partial charge in [-0.2, -0.15) is 0 Å². The van der Waals surface area contributed by atoms with Crippen molar-refractivity contribution in [3.05, 3.63) is 288 Å². The summed E-state index contributed by atoms with van der Waals surface area (Å²) >= 11 is 0. The van der Waals surface area contributed by atoms with E-state index in [0.29, 0.717) is 5.92 Å². The summed E-state index contributed by atoms with van der Waals surface area (Å²) < 4.78 is 0. The fourth-order valence-electron chi connectivity index (χ4n) is 14.0. The number of benzene rings is 11. The van der Waals surface area contributed by atoms with Crippen LogP contribution in [0.1, 0.15) is 61.9 Å². The quantitative estimate of drug-likeness (QED) is 0.144. The van der Waals surface area contributed by atoms with E-state index in [4.69, 9.17) is 0 Å². The lowest BCUT2D eigenvalue weighted by Gasteiger charge is -2.30. The minimum Gasteiger partial charge on any atom is -0.310 e. The molecule has 1 nitrogen and oxygen atoms in total. The van der Waals surface area contributed by atoms with E-state index in [-0.39, 0.29) is 10.8 Å². The second kappa shape index (κ2) is 17.2. The minimum atomic E-state index is -0.159. The molecule has 366 valence electrons. The molecule has 4 aliphatic carbocycles. The molecule has 0 bridgehead atoms. The van der Waals surface area contributed by atoms with E-state index in [1.807, 2.05) is 0 Å². The molecule has 77 heavy (non-hydrogen) atoms. The molecular formula is C76H57N. The summed E-state index contributed by atoms with van der Waals surface area (Å²) in [5.41, 5.74) is 25.1. The number of hydrogen-bond donors (Lipinski definition) is 0. The van der Waals surface area contributed by atoms with E-state index in [9.17, 15) is 0 Å². The number of fused-ring (bicyclic) bond motifs is 13. The SMILES string of the molecule is CC1(C)c2ccccc2-c2ccc(N(c3ccc4c(c3)C(C)(C)c3ccccc3-4)c3ccc4c(c3)c3ccccc3c3c(-c5ccccc5)cc(-c5ccc(C6=C7C=CC=CC7CC=C6)cc5)c(-c5ccccc5)c43)cc21. The van der Waals surface area contributed by atoms with Gasteiger partial charge in [0, 0.05) is 33.8 Å². The number of anilines is 3. The number of rotatable bonds is 7. The van der Waals surface area contributed by atoms with Crippen molar-refractivity contribution in [3.8, 4) is 55.6 Å². The molecule has 11 aromatic carbocycles. The zero-order valence-corrected chi connectivity index (χ0v) is 44.0. The first-order chi connectivity index (χ1) is 37.7. The van der Waals surface area contributed by atoms with Gasteiger partial charge in [-0.3, -0.25) is 0 Å². The Morgan fingerprint density at radius 3 is 1.55 bits per heavy atom. The average Bonchev–Trinajstić information content (AvgIpc) is 4.03. The lowest BCUT2D eigenvalue weighted by atomic mass is 9.80. The highest BCUT2D eigenvalue weighted by Gasteiger charge is 2.38. The molecule has 1 atom stereocenters. The third-order valence-electron chi connectivity index (χ3n) is 17.8. The average molecular weight is 984 g/mol. The second-order valence-electron chi connectivity index (χ2n) is 22.7. The summed E-state index contributed by atoms with van der Waals surface area (Å²) in [5, 5.41) is 7.47. The van der Waals surface area contributed by atoms with Crippen LogP contribution in [0.3, 0.4) is 0 Å². The van der Waals surface area contributed by atoms with Gasteiger partial charge in [0.1, 0.15) is 0 Å². The molecule has 1 unspecified atom stereocenters. The molecular weight excluding hydrogens is 927 g/mol. The Balaban J connectivity index is 1.000. The maximum absolute atomic E-state index is 2.53. The lowest BCUT2D eigenvalue weighted by molar-refractivity contribution is 0.660. The van der Waals surface area contributed by atoms with Crippen LogP contribution in [0.4, 0.5) is 17.1 Å². The van der Waals surface area contributed by atoms with Crippen molar-refractivity contribution in [2.24, 2.45) is 5.92 Å². The Bertz CT molecular complexity index is 4280. The van der Waals surface area contributed by atoms with Gasteiger partial charge in [-0.05, 0) is 176 Å². The zero-order valence-electron chi connectivity index (χ0n) is 44.0. The smallest absolute Gasteiger partial charge is 0.0468 e. The molecule has 1 heteroatoms. The molecule has 0 aromatic heterocycles. The number of hydrogen-bond acceptors (Lipinski definition) is 1. The molecule has 4 aliphatic rings. The van der Waals surface area contributed by atoms with Crippen LogP contribution in [-0.4, -0.2) is 0 Å². The van der Waals surface area contributed by atoms with Gasteiger partial charge in [-0.15, -0.1) is 0 Å². The standard InChI is InChI=1S/C76H57N/c1-75(2)68-32-17-15-28-59(68)61-41-38-54(45-70(61)75)77(55-39-42-62-60-29-16-18-33-69(60)76(3,4)71(62)46-55)53-40-43-64-67(44-53)58-27-13-14-30-63(58)73-66(49-20-7-5-8-21-49)47-65(72(74(64)73)52-23-9-6-10-24-52)51-36-34-50(35-37-51)57-31-19-25-48-22-11-12-26-56(48)57/h5-24,26-48H,25H2,1-4H3. The van der Waals surface area contributed by atoms with E-state index >= 15 is 0 Å². The van der Waals surface area contributed by atoms with Crippen LogP contribution in [0, 0.1) is 5.92 Å². The van der Waals surface area contributed by atoms with Crippen LogP contribution in [0.25, 0.3) is 93.5 Å². The van der Waals surface area contributed by atoms with Crippen LogP contribution in [0.2, 0.25) is 0 Å². The van der Waals surface area contributed by atoms with Crippen molar-refractivity contribution in [3.63, 3.8) is 0 Å². The Morgan fingerprint density at radius 2 is 0.883 bits per heavy atom. The van der Waals surface area contributed by atoms with Crippen LogP contribution in [0.15, 0.2) is 260 Å². The summed E-state index contributed by atoms with van der Waals surface area (Å²) in [6.45, 7) is 9.55. The summed E-state index contributed by atoms with van der Waals surface area (Å²) in [4.78, 5) is 2.53. The summed E-state index contributed by atoms with van der Waals surface area (Å²) in [6, 6.07) is 82.9. The highest BCUT2D eigenvalue weighted by atomic mass is 15.1. The molecule has 0 radical (unpaired) electrons. The summed E-state index contributed by atoms with van der Waals surface area (Å²) in [7, 11) is 0. The van der Waals surface area contributed by atoms with Gasteiger partial charge in [0.05, 0.1) is 0 Å². The van der Waals surface area contributed by atoms with Crippen molar-refractivity contribution in [2.75, 3.05) is 4.90 Å². The van der Waals surface area contributed by atoms with E-state index < -0.39 is 0 Å². The first kappa shape index (κ1) is 45.4. The molecule has 0 N–H and O–H groups in total. The van der Waals surface area contributed by atoms with Crippen LogP contribution < -0.4 is 4.90 Å². The molecule has 15 rings (SSSR count). The fraction of sp³-hybridized carbons (Fsp3) is 0.105. The Labute approximate surface area is 452 Å². The highest BCUT2D eigenvalue weighted by Crippen LogP contribution is 2.55. The summed E-state index contributed by atoms with van der Waals surface area (Å²) in [6.07, 6.45) is 14.7. The minimum absolute atomic E-state index is 0.159. The first-order valence-corrected chi connectivity index (χ1v) is 27.4. The molecule has 0 aliphatic heterocycles. The van der Waals surface area contributed by atoms with Gasteiger partial charge >= 0.3 is 0 Å². The van der Waals surface area contributed by atoms with Gasteiger partial charge in [0.15, 0.2) is 0 Å². The van der Waals surface area contributed by atoms with Crippen LogP contribution in [-0.2, 0) is 10.8 Å². The largest absolute Gasteiger partial charge is 0.310 e. The molecule has 0 saturated carbocycles. The molecule has 0 fully saturated rings. The van der Waals surface area contributed by atoms with E-state index in [1.54, 1.807) is 0 Å². The van der Waals surface area contributed by atoms with Crippen LogP contribution >= 0.6 is 0 Å². The Kier molecular flexibility index (Phi) is 10.2. The van der Waals surface area contributed by atoms with E-state index in [2.05, 4.69) is 287 Å². The van der Waals surface area contributed by atoms with Gasteiger partial charge in [-0.1, -0.05) is 240 Å². The van der Waals surface area contributed by atoms with Crippen molar-refractivity contribution in [2.45, 2.75) is 44.9 Å². The number of nitrogens with zero attached hydrogens (tertiary/aromatic N) is 1. The topological polar surface area (TPSA) is 3.24 Å². The predicted octanol–water partition coefficient (Wildman–Crippen LogP) is 20.7. The summed E-state index contributed by atoms with van der Waals surface area (Å²) in [5.74, 6) is 0.422. The van der Waals surface area contributed by atoms with Crippen molar-refractivity contribution < 1.29 is 0 Å². The van der Waals surface area contributed by atoms with Gasteiger partial charge < -0.3 is 4.90 Å². The molecule has 0 heterocycles. The van der Waals surface area contributed by atoms with E-state index in [0.717, 1.165) is 23.5 Å². The third-order valence-corrected chi connectivity index (χ3v) is 17.8. The normalized spacial score (nSPS) is 16.1.